The zero-order valence-electron chi connectivity index (χ0n) is 11.1. The molecule has 0 radical (unpaired) electrons. The van der Waals surface area contributed by atoms with Crippen LogP contribution in [0.5, 0.6) is 0 Å². The van der Waals surface area contributed by atoms with Gasteiger partial charge in [-0.3, -0.25) is 0 Å². The number of nitrogens with two attached hydrogens (primary N) is 1. The maximum atomic E-state index is 12.2. The van der Waals surface area contributed by atoms with Gasteiger partial charge in [0.2, 0.25) is 10.0 Å². The normalized spacial score (nSPS) is 19.7. The van der Waals surface area contributed by atoms with E-state index in [9.17, 15) is 8.42 Å². The van der Waals surface area contributed by atoms with E-state index in [4.69, 9.17) is 10.5 Å². The second-order valence-corrected chi connectivity index (χ2v) is 6.53. The molecule has 2 rings (SSSR count). The van der Waals surface area contributed by atoms with Crippen molar-refractivity contribution in [3.8, 4) is 0 Å². The van der Waals surface area contributed by atoms with Crippen LogP contribution in [-0.4, -0.2) is 27.7 Å². The minimum Gasteiger partial charge on any atom is -0.398 e. The van der Waals surface area contributed by atoms with E-state index in [1.165, 1.54) is 0 Å². The van der Waals surface area contributed by atoms with Crippen molar-refractivity contribution in [1.82, 2.24) is 4.72 Å². The SMILES string of the molecule is Cc1c(N)cccc1S(=O)(=O)NCCC1CCCO1. The maximum Gasteiger partial charge on any atom is 0.240 e. The van der Waals surface area contributed by atoms with Gasteiger partial charge in [0, 0.05) is 18.8 Å². The van der Waals surface area contributed by atoms with E-state index >= 15 is 0 Å². The summed E-state index contributed by atoms with van der Waals surface area (Å²) in [5, 5.41) is 0. The van der Waals surface area contributed by atoms with Gasteiger partial charge in [-0.15, -0.1) is 0 Å². The number of anilines is 1. The highest BCUT2D eigenvalue weighted by Gasteiger charge is 2.19. The summed E-state index contributed by atoms with van der Waals surface area (Å²) in [6, 6.07) is 4.91. The summed E-state index contributed by atoms with van der Waals surface area (Å²) < 4.78 is 32.4. The topological polar surface area (TPSA) is 81.4 Å². The molecule has 1 aromatic carbocycles. The lowest BCUT2D eigenvalue weighted by Crippen LogP contribution is -2.28. The van der Waals surface area contributed by atoms with E-state index in [0.29, 0.717) is 24.2 Å². The maximum absolute atomic E-state index is 12.2. The third kappa shape index (κ3) is 3.46. The first kappa shape index (κ1) is 14.3. The van der Waals surface area contributed by atoms with Crippen LogP contribution in [0.4, 0.5) is 5.69 Å². The number of nitrogens with one attached hydrogen (secondary N) is 1. The van der Waals surface area contributed by atoms with Crippen molar-refractivity contribution in [1.29, 1.82) is 0 Å². The molecule has 5 nitrogen and oxygen atoms in total. The smallest absolute Gasteiger partial charge is 0.240 e. The highest BCUT2D eigenvalue weighted by Crippen LogP contribution is 2.20. The van der Waals surface area contributed by atoms with Crippen molar-refractivity contribution in [2.45, 2.75) is 37.2 Å². The van der Waals surface area contributed by atoms with Crippen LogP contribution >= 0.6 is 0 Å². The van der Waals surface area contributed by atoms with Crippen LogP contribution in [0.25, 0.3) is 0 Å². The summed E-state index contributed by atoms with van der Waals surface area (Å²) in [6.07, 6.45) is 2.97. The molecule has 1 unspecified atom stereocenters. The molecule has 0 bridgehead atoms. The van der Waals surface area contributed by atoms with Gasteiger partial charge in [0.15, 0.2) is 0 Å². The van der Waals surface area contributed by atoms with Crippen molar-refractivity contribution < 1.29 is 13.2 Å². The molecule has 0 spiro atoms. The fourth-order valence-corrected chi connectivity index (χ4v) is 3.55. The molecule has 106 valence electrons. The average Bonchev–Trinajstić information content (AvgIpc) is 2.85. The van der Waals surface area contributed by atoms with E-state index in [-0.39, 0.29) is 11.0 Å². The molecule has 1 aliphatic heterocycles. The largest absolute Gasteiger partial charge is 0.398 e. The number of ether oxygens (including phenoxy) is 1. The number of rotatable bonds is 5. The summed E-state index contributed by atoms with van der Waals surface area (Å²) >= 11 is 0. The summed E-state index contributed by atoms with van der Waals surface area (Å²) in [7, 11) is -3.49. The summed E-state index contributed by atoms with van der Waals surface area (Å²) in [6.45, 7) is 2.89. The van der Waals surface area contributed by atoms with E-state index in [1.807, 2.05) is 0 Å². The van der Waals surface area contributed by atoms with E-state index in [2.05, 4.69) is 4.72 Å². The predicted octanol–water partition coefficient (Wildman–Crippen LogP) is 1.42. The van der Waals surface area contributed by atoms with Crippen LogP contribution < -0.4 is 10.5 Å². The molecule has 1 heterocycles. The number of benzene rings is 1. The van der Waals surface area contributed by atoms with Crippen molar-refractivity contribution in [3.05, 3.63) is 23.8 Å². The van der Waals surface area contributed by atoms with Gasteiger partial charge >= 0.3 is 0 Å². The average molecular weight is 284 g/mol. The zero-order valence-corrected chi connectivity index (χ0v) is 11.9. The van der Waals surface area contributed by atoms with E-state index in [0.717, 1.165) is 19.4 Å². The Morgan fingerprint density at radius 2 is 2.26 bits per heavy atom. The summed E-state index contributed by atoms with van der Waals surface area (Å²) in [5.41, 5.74) is 6.81. The van der Waals surface area contributed by atoms with Gasteiger partial charge in [0.25, 0.3) is 0 Å². The summed E-state index contributed by atoms with van der Waals surface area (Å²) in [5.74, 6) is 0. The predicted molar refractivity (Wildman–Crippen MR) is 74.4 cm³/mol. The minimum absolute atomic E-state index is 0.185. The quantitative estimate of drug-likeness (QED) is 0.801. The standard InChI is InChI=1S/C13H20N2O3S/c1-10-12(14)5-2-6-13(10)19(16,17)15-8-7-11-4-3-9-18-11/h2,5-6,11,15H,3-4,7-9,14H2,1H3. The van der Waals surface area contributed by atoms with Crippen molar-refractivity contribution >= 4 is 15.7 Å². The van der Waals surface area contributed by atoms with E-state index in [1.54, 1.807) is 25.1 Å². The molecule has 1 atom stereocenters. The molecule has 0 aliphatic carbocycles. The Hall–Kier alpha value is -1.11. The number of hydrogen-bond donors (Lipinski definition) is 2. The van der Waals surface area contributed by atoms with Crippen molar-refractivity contribution in [2.75, 3.05) is 18.9 Å². The lowest BCUT2D eigenvalue weighted by Gasteiger charge is -2.12. The van der Waals surface area contributed by atoms with E-state index < -0.39 is 10.0 Å². The Kier molecular flexibility index (Phi) is 4.44. The van der Waals surface area contributed by atoms with Gasteiger partial charge in [-0.1, -0.05) is 6.07 Å². The number of nitrogen functional groups attached to an aromatic ring is 1. The fraction of sp³-hybridized carbons (Fsp3) is 0.538. The Balaban J connectivity index is 1.99. The lowest BCUT2D eigenvalue weighted by atomic mass is 10.2. The molecular weight excluding hydrogens is 264 g/mol. The molecule has 0 saturated carbocycles. The fourth-order valence-electron chi connectivity index (χ4n) is 2.23. The van der Waals surface area contributed by atoms with Gasteiger partial charge in [0.1, 0.15) is 0 Å². The van der Waals surface area contributed by atoms with Gasteiger partial charge in [-0.25, -0.2) is 13.1 Å². The molecule has 1 aromatic rings. The first-order chi connectivity index (χ1) is 9.00. The second-order valence-electron chi connectivity index (χ2n) is 4.79. The van der Waals surface area contributed by atoms with Gasteiger partial charge in [-0.2, -0.15) is 0 Å². The number of hydrogen-bond acceptors (Lipinski definition) is 4. The van der Waals surface area contributed by atoms with Crippen LogP contribution in [0.15, 0.2) is 23.1 Å². The van der Waals surface area contributed by atoms with Crippen LogP contribution in [0.3, 0.4) is 0 Å². The Morgan fingerprint density at radius 1 is 1.47 bits per heavy atom. The summed E-state index contributed by atoms with van der Waals surface area (Å²) in [4.78, 5) is 0.250. The molecule has 0 aromatic heterocycles. The molecule has 1 aliphatic rings. The monoisotopic (exact) mass is 284 g/mol. The van der Waals surface area contributed by atoms with Crippen LogP contribution in [0.1, 0.15) is 24.8 Å². The molecule has 0 amide bonds. The van der Waals surface area contributed by atoms with Crippen LogP contribution in [0, 0.1) is 6.92 Å². The molecule has 6 heteroatoms. The number of sulfonamides is 1. The molecular formula is C13H20N2O3S. The van der Waals surface area contributed by atoms with Gasteiger partial charge in [-0.05, 0) is 43.9 Å². The van der Waals surface area contributed by atoms with Crippen LogP contribution in [0.2, 0.25) is 0 Å². The third-order valence-corrected chi connectivity index (χ3v) is 5.00. The Labute approximate surface area is 114 Å². The van der Waals surface area contributed by atoms with Gasteiger partial charge < -0.3 is 10.5 Å². The van der Waals surface area contributed by atoms with Crippen LogP contribution in [-0.2, 0) is 14.8 Å². The minimum atomic E-state index is -3.49. The Morgan fingerprint density at radius 3 is 2.95 bits per heavy atom. The lowest BCUT2D eigenvalue weighted by molar-refractivity contribution is 0.105. The first-order valence-electron chi connectivity index (χ1n) is 6.47. The zero-order chi connectivity index (χ0) is 13.9. The highest BCUT2D eigenvalue weighted by atomic mass is 32.2. The van der Waals surface area contributed by atoms with Crippen molar-refractivity contribution in [2.24, 2.45) is 0 Å². The second kappa shape index (κ2) is 5.90. The molecule has 19 heavy (non-hydrogen) atoms. The third-order valence-electron chi connectivity index (χ3n) is 3.40. The van der Waals surface area contributed by atoms with Crippen molar-refractivity contribution in [3.63, 3.8) is 0 Å². The first-order valence-corrected chi connectivity index (χ1v) is 7.95. The molecule has 1 saturated heterocycles. The molecule has 1 fully saturated rings. The highest BCUT2D eigenvalue weighted by molar-refractivity contribution is 7.89. The van der Waals surface area contributed by atoms with Gasteiger partial charge in [0.05, 0.1) is 11.0 Å². The Bertz CT molecular complexity index is 537. The molecule has 3 N–H and O–H groups in total.